The van der Waals surface area contributed by atoms with Crippen molar-refractivity contribution in [3.05, 3.63) is 12.7 Å². The minimum absolute atomic E-state index is 0.183. The van der Waals surface area contributed by atoms with Gasteiger partial charge in [-0.15, -0.1) is 6.58 Å². The molecule has 0 aromatic rings. The molecule has 0 fully saturated rings. The van der Waals surface area contributed by atoms with E-state index in [9.17, 15) is 0 Å². The predicted molar refractivity (Wildman–Crippen MR) is 114 cm³/mol. The fourth-order valence-electron chi connectivity index (χ4n) is 2.13. The molecular formula is C20H44O2Si2. The summed E-state index contributed by atoms with van der Waals surface area (Å²) in [6, 6.07) is 0. The van der Waals surface area contributed by atoms with E-state index in [0.29, 0.717) is 5.92 Å². The molecule has 0 rings (SSSR count). The highest BCUT2D eigenvalue weighted by Crippen LogP contribution is 2.40. The van der Waals surface area contributed by atoms with E-state index in [1.807, 2.05) is 6.08 Å². The molecule has 0 aromatic carbocycles. The van der Waals surface area contributed by atoms with Crippen LogP contribution >= 0.6 is 0 Å². The van der Waals surface area contributed by atoms with Crippen molar-refractivity contribution >= 4 is 16.6 Å². The molecule has 0 saturated carbocycles. The lowest BCUT2D eigenvalue weighted by Gasteiger charge is -2.43. The molecule has 0 spiro atoms. The van der Waals surface area contributed by atoms with Crippen molar-refractivity contribution in [2.24, 2.45) is 5.92 Å². The second-order valence-corrected chi connectivity index (χ2v) is 19.9. The predicted octanol–water partition coefficient (Wildman–Crippen LogP) is 7.00. The molecule has 2 nitrogen and oxygen atoms in total. The topological polar surface area (TPSA) is 18.5 Å². The highest BCUT2D eigenvalue weighted by Gasteiger charge is 2.42. The number of hydrogen-bond donors (Lipinski definition) is 0. The van der Waals surface area contributed by atoms with Gasteiger partial charge >= 0.3 is 0 Å². The first-order valence-electron chi connectivity index (χ1n) is 9.43. The molecule has 24 heavy (non-hydrogen) atoms. The quantitative estimate of drug-likeness (QED) is 0.337. The second kappa shape index (κ2) is 8.19. The van der Waals surface area contributed by atoms with Gasteiger partial charge in [0.05, 0.1) is 6.10 Å². The summed E-state index contributed by atoms with van der Waals surface area (Å²) in [5, 5.41) is 0.455. The Kier molecular flexibility index (Phi) is 8.22. The molecule has 0 radical (unpaired) electrons. The molecule has 0 heterocycles. The van der Waals surface area contributed by atoms with E-state index in [4.69, 9.17) is 8.85 Å². The van der Waals surface area contributed by atoms with E-state index in [0.717, 1.165) is 6.42 Å². The first-order chi connectivity index (χ1) is 10.4. The SMILES string of the molecule is C=C[C@@H](C)[C@@H](C[C@@H](C)O[Si](C)(C)C(C)(C)C)O[Si](C)(C)C(C)(C)C. The zero-order chi connectivity index (χ0) is 19.6. The molecule has 0 aliphatic carbocycles. The molecular weight excluding hydrogens is 328 g/mol. The van der Waals surface area contributed by atoms with Crippen LogP contribution in [0.25, 0.3) is 0 Å². The van der Waals surface area contributed by atoms with Crippen molar-refractivity contribution in [2.45, 2.75) is 110 Å². The van der Waals surface area contributed by atoms with Crippen LogP contribution in [0, 0.1) is 5.92 Å². The third-order valence-electron chi connectivity index (χ3n) is 6.08. The largest absolute Gasteiger partial charge is 0.414 e. The maximum atomic E-state index is 6.73. The highest BCUT2D eigenvalue weighted by molar-refractivity contribution is 6.74. The molecule has 0 amide bonds. The fraction of sp³-hybridized carbons (Fsp3) is 0.900. The zero-order valence-corrected chi connectivity index (χ0v) is 20.5. The summed E-state index contributed by atoms with van der Waals surface area (Å²) in [4.78, 5) is 0. The molecule has 0 bridgehead atoms. The molecule has 3 atom stereocenters. The van der Waals surface area contributed by atoms with Crippen molar-refractivity contribution in [3.63, 3.8) is 0 Å². The van der Waals surface area contributed by atoms with Gasteiger partial charge in [0, 0.05) is 6.10 Å². The summed E-state index contributed by atoms with van der Waals surface area (Å²) < 4.78 is 13.3. The lowest BCUT2D eigenvalue weighted by atomic mass is 10.0. The fourth-order valence-corrected chi connectivity index (χ4v) is 5.01. The van der Waals surface area contributed by atoms with Gasteiger partial charge in [-0.05, 0) is 55.5 Å². The maximum Gasteiger partial charge on any atom is 0.192 e. The molecule has 0 aliphatic rings. The van der Waals surface area contributed by atoms with Crippen LogP contribution in [0.1, 0.15) is 61.8 Å². The number of rotatable bonds is 8. The van der Waals surface area contributed by atoms with Crippen molar-refractivity contribution in [1.29, 1.82) is 0 Å². The van der Waals surface area contributed by atoms with Crippen molar-refractivity contribution in [3.8, 4) is 0 Å². The monoisotopic (exact) mass is 372 g/mol. The van der Waals surface area contributed by atoms with Crippen molar-refractivity contribution < 1.29 is 8.85 Å². The average molecular weight is 373 g/mol. The highest BCUT2D eigenvalue weighted by atomic mass is 28.4. The van der Waals surface area contributed by atoms with E-state index in [2.05, 4.69) is 88.2 Å². The van der Waals surface area contributed by atoms with Crippen LogP contribution in [-0.2, 0) is 8.85 Å². The Hall–Kier alpha value is 0.0938. The van der Waals surface area contributed by atoms with Crippen LogP contribution in [0.2, 0.25) is 36.3 Å². The molecule has 144 valence electrons. The van der Waals surface area contributed by atoms with Crippen molar-refractivity contribution in [2.75, 3.05) is 0 Å². The molecule has 0 aliphatic heterocycles. The Morgan fingerprint density at radius 1 is 0.833 bits per heavy atom. The van der Waals surface area contributed by atoms with Gasteiger partial charge < -0.3 is 8.85 Å². The lowest BCUT2D eigenvalue weighted by Crippen LogP contribution is -2.48. The van der Waals surface area contributed by atoms with Gasteiger partial charge in [0.15, 0.2) is 16.6 Å². The third kappa shape index (κ3) is 6.77. The van der Waals surface area contributed by atoms with E-state index < -0.39 is 16.6 Å². The Bertz CT molecular complexity index is 403. The Morgan fingerprint density at radius 2 is 1.21 bits per heavy atom. The summed E-state index contributed by atoms with van der Waals surface area (Å²) in [6.45, 7) is 31.5. The van der Waals surface area contributed by atoms with Crippen molar-refractivity contribution in [1.82, 2.24) is 0 Å². The maximum absolute atomic E-state index is 6.73. The van der Waals surface area contributed by atoms with E-state index in [1.165, 1.54) is 0 Å². The van der Waals surface area contributed by atoms with Crippen LogP contribution < -0.4 is 0 Å². The van der Waals surface area contributed by atoms with Crippen LogP contribution in [0.4, 0.5) is 0 Å². The minimum atomic E-state index is -1.80. The van der Waals surface area contributed by atoms with E-state index >= 15 is 0 Å². The summed E-state index contributed by atoms with van der Waals surface area (Å²) in [5.74, 6) is 0.338. The van der Waals surface area contributed by atoms with Crippen LogP contribution in [0.3, 0.4) is 0 Å². The molecule has 4 heteroatoms. The van der Waals surface area contributed by atoms with Gasteiger partial charge in [0.25, 0.3) is 0 Å². The lowest BCUT2D eigenvalue weighted by molar-refractivity contribution is 0.0803. The number of hydrogen-bond acceptors (Lipinski definition) is 2. The summed E-state index contributed by atoms with van der Waals surface area (Å²) in [5.41, 5.74) is 0. The molecule has 0 aromatic heterocycles. The van der Waals surface area contributed by atoms with Gasteiger partial charge in [-0.25, -0.2) is 0 Å². The zero-order valence-electron chi connectivity index (χ0n) is 18.5. The summed E-state index contributed by atoms with van der Waals surface area (Å²) in [6.07, 6.45) is 3.36. The van der Waals surface area contributed by atoms with Gasteiger partial charge in [0.1, 0.15) is 0 Å². The molecule has 0 unspecified atom stereocenters. The average Bonchev–Trinajstić information content (AvgIpc) is 2.33. The Balaban J connectivity index is 5.15. The van der Waals surface area contributed by atoms with Crippen LogP contribution in [0.15, 0.2) is 12.7 Å². The summed E-state index contributed by atoms with van der Waals surface area (Å²) in [7, 11) is -3.55. The van der Waals surface area contributed by atoms with Gasteiger partial charge in [0.2, 0.25) is 0 Å². The Labute approximate surface area is 154 Å². The first-order valence-corrected chi connectivity index (χ1v) is 15.2. The first kappa shape index (κ1) is 24.1. The second-order valence-electron chi connectivity index (χ2n) is 10.4. The minimum Gasteiger partial charge on any atom is -0.414 e. The standard InChI is InChI=1S/C20H44O2Si2/c1-14-16(2)18(22-24(12,13)20(7,8)9)15-17(3)21-23(10,11)19(4,5)6/h14,16-18H,1,15H2,2-13H3/t16-,17-,18-/m1/s1. The van der Waals surface area contributed by atoms with Gasteiger partial charge in [-0.3, -0.25) is 0 Å². The van der Waals surface area contributed by atoms with Crippen LogP contribution in [0.5, 0.6) is 0 Å². The normalized spacial score (nSPS) is 18.2. The van der Waals surface area contributed by atoms with Gasteiger partial charge in [-0.1, -0.05) is 54.5 Å². The van der Waals surface area contributed by atoms with E-state index in [-0.39, 0.29) is 22.3 Å². The molecule has 0 N–H and O–H groups in total. The molecule has 0 saturated heterocycles. The Morgan fingerprint density at radius 3 is 1.54 bits per heavy atom. The van der Waals surface area contributed by atoms with E-state index in [1.54, 1.807) is 0 Å². The van der Waals surface area contributed by atoms with Crippen LogP contribution in [-0.4, -0.2) is 28.8 Å². The van der Waals surface area contributed by atoms with Gasteiger partial charge in [-0.2, -0.15) is 0 Å². The summed E-state index contributed by atoms with van der Waals surface area (Å²) >= 11 is 0. The third-order valence-corrected chi connectivity index (χ3v) is 15.2. The smallest absolute Gasteiger partial charge is 0.192 e.